The molecule has 2 nitrogen and oxygen atoms in total. The Morgan fingerprint density at radius 2 is 1.04 bits per heavy atom. The Morgan fingerprint density at radius 3 is 1.71 bits per heavy atom. The average Bonchev–Trinajstić information content (AvgIpc) is 3.69. The largest absolute Gasteiger partial charge is 0.494 e. The van der Waals surface area contributed by atoms with Gasteiger partial charge in [-0.3, -0.25) is 0 Å². The molecule has 0 saturated carbocycles. The Kier molecular flexibility index (Phi) is 8.52. The van der Waals surface area contributed by atoms with E-state index in [1.165, 1.54) is 27.7 Å². The normalized spacial score (nSPS) is 15.2. The van der Waals surface area contributed by atoms with Crippen LogP contribution in [0, 0.1) is 0 Å². The van der Waals surface area contributed by atoms with E-state index >= 15 is 0 Å². The van der Waals surface area contributed by atoms with Gasteiger partial charge in [-0.05, 0) is 111 Å². The number of thiophene rings is 1. The molecule has 11 heteroatoms. The number of hydrogen-bond acceptors (Lipinski definition) is 3. The number of benzene rings is 7. The van der Waals surface area contributed by atoms with Gasteiger partial charge in [-0.25, -0.2) is 0 Å². The Hall–Kier alpha value is -4.28. The van der Waals surface area contributed by atoms with Gasteiger partial charge in [0.1, 0.15) is 54.9 Å². The summed E-state index contributed by atoms with van der Waals surface area (Å²) in [6.07, 6.45) is 0. The van der Waals surface area contributed by atoms with E-state index in [0.717, 1.165) is 38.5 Å². The lowest BCUT2D eigenvalue weighted by atomic mass is 9.64. The van der Waals surface area contributed by atoms with Crippen LogP contribution in [0.5, 0.6) is 0 Å². The first kappa shape index (κ1) is 36.4. The Bertz CT molecular complexity index is 2910. The molecule has 8 aromatic rings. The van der Waals surface area contributed by atoms with Crippen LogP contribution < -0.4 is 43.7 Å². The van der Waals surface area contributed by atoms with Crippen molar-refractivity contribution in [1.82, 2.24) is 0 Å². The van der Waals surface area contributed by atoms with Gasteiger partial charge in [0.2, 0.25) is 0 Å². The molecule has 0 spiro atoms. The second kappa shape index (κ2) is 12.9. The zero-order valence-corrected chi connectivity index (χ0v) is 31.9. The molecular formula is C44H28B8O2S. The van der Waals surface area contributed by atoms with E-state index in [-0.39, 0.29) is 10.9 Å². The summed E-state index contributed by atoms with van der Waals surface area (Å²) in [6.45, 7) is 8.18. The highest BCUT2D eigenvalue weighted by Gasteiger charge is 2.51. The highest BCUT2D eigenvalue weighted by Crippen LogP contribution is 2.39. The monoisotopic (exact) mass is 708 g/mol. The summed E-state index contributed by atoms with van der Waals surface area (Å²) < 4.78 is 14.4. The van der Waals surface area contributed by atoms with Crippen LogP contribution >= 0.6 is 11.3 Å². The molecule has 0 bridgehead atoms. The van der Waals surface area contributed by atoms with Gasteiger partial charge in [0.05, 0.1) is 11.2 Å². The van der Waals surface area contributed by atoms with E-state index in [2.05, 4.69) is 84.9 Å². The first-order chi connectivity index (χ1) is 26.2. The van der Waals surface area contributed by atoms with Crippen molar-refractivity contribution >= 4 is 159 Å². The fourth-order valence-electron chi connectivity index (χ4n) is 7.89. The maximum Gasteiger partial charge on any atom is 0.494 e. The van der Waals surface area contributed by atoms with Gasteiger partial charge in [-0.15, -0.1) is 22.3 Å². The maximum absolute atomic E-state index is 7.12. The zero-order chi connectivity index (χ0) is 38.7. The molecule has 1 aliphatic rings. The first-order valence-corrected chi connectivity index (χ1v) is 18.9. The molecule has 7 aromatic carbocycles. The summed E-state index contributed by atoms with van der Waals surface area (Å²) in [5.41, 5.74) is 7.57. The van der Waals surface area contributed by atoms with E-state index in [4.69, 9.17) is 64.2 Å². The molecule has 1 saturated heterocycles. The van der Waals surface area contributed by atoms with Crippen LogP contribution in [-0.4, -0.2) is 73.2 Å². The summed E-state index contributed by atoms with van der Waals surface area (Å²) in [6, 6.07) is 34.1. The number of rotatable bonds is 4. The molecule has 9 rings (SSSR count). The minimum Gasteiger partial charge on any atom is -0.399 e. The molecule has 1 fully saturated rings. The van der Waals surface area contributed by atoms with Gasteiger partial charge in [0, 0.05) is 9.40 Å². The lowest BCUT2D eigenvalue weighted by Gasteiger charge is -2.32. The van der Waals surface area contributed by atoms with Gasteiger partial charge >= 0.3 is 7.12 Å². The van der Waals surface area contributed by atoms with Gasteiger partial charge in [0.25, 0.3) is 0 Å². The lowest BCUT2D eigenvalue weighted by Crippen LogP contribution is -2.47. The summed E-state index contributed by atoms with van der Waals surface area (Å²) in [7, 11) is 46.0. The van der Waals surface area contributed by atoms with Crippen molar-refractivity contribution in [3.8, 4) is 33.4 Å². The molecule has 0 N–H and O–H groups in total. The van der Waals surface area contributed by atoms with Crippen molar-refractivity contribution in [1.29, 1.82) is 0 Å². The molecule has 246 valence electrons. The molecule has 1 aliphatic heterocycles. The second-order valence-corrected chi connectivity index (χ2v) is 16.5. The van der Waals surface area contributed by atoms with Gasteiger partial charge < -0.3 is 9.31 Å². The molecule has 0 amide bonds. The predicted octanol–water partition coefficient (Wildman–Crippen LogP) is 3.22. The van der Waals surface area contributed by atoms with Crippen molar-refractivity contribution in [2.75, 3.05) is 0 Å². The predicted molar refractivity (Wildman–Crippen MR) is 244 cm³/mol. The van der Waals surface area contributed by atoms with E-state index in [9.17, 15) is 0 Å². The van der Waals surface area contributed by atoms with E-state index in [0.29, 0.717) is 53.0 Å². The quantitative estimate of drug-likeness (QED) is 0.262. The topological polar surface area (TPSA) is 18.5 Å². The van der Waals surface area contributed by atoms with Crippen LogP contribution in [0.25, 0.3) is 75.1 Å². The Morgan fingerprint density at radius 1 is 0.473 bits per heavy atom. The maximum atomic E-state index is 7.12. The van der Waals surface area contributed by atoms with E-state index in [1.54, 1.807) is 0 Å². The van der Waals surface area contributed by atoms with Gasteiger partial charge in [-0.2, -0.15) is 0 Å². The van der Waals surface area contributed by atoms with Crippen molar-refractivity contribution < 1.29 is 9.31 Å². The fourth-order valence-corrected chi connectivity index (χ4v) is 9.16. The third-order valence-corrected chi connectivity index (χ3v) is 13.0. The fraction of sp³-hybridized carbons (Fsp3) is 0.136. The van der Waals surface area contributed by atoms with Crippen molar-refractivity contribution in [2.45, 2.75) is 38.9 Å². The lowest BCUT2D eigenvalue weighted by molar-refractivity contribution is 0.00578. The molecule has 2 heterocycles. The van der Waals surface area contributed by atoms with Crippen LogP contribution in [0.2, 0.25) is 0 Å². The molecule has 0 unspecified atom stereocenters. The van der Waals surface area contributed by atoms with Crippen LogP contribution in [0.3, 0.4) is 0 Å². The standard InChI is InChI=1S/C44H28B8O2S/c1-43(2)44(3,4)54-52(53-43)26-16-17-29(31-34(45)35(46)32-33-36(47)38(49)39(50)40(51)42(33)55-41(32)37(31)48)30(20-26)25-15-13-22-18-24(14-12-23(22)19-25)28-11-7-9-21-8-5-6-10-27(21)28/h5-20H,1-4H3. The molecule has 0 aliphatic carbocycles. The minimum absolute atomic E-state index is 0.200. The minimum atomic E-state index is -0.590. The van der Waals surface area contributed by atoms with E-state index < -0.39 is 18.3 Å². The summed E-state index contributed by atoms with van der Waals surface area (Å²) in [5, 5.41) is 5.82. The Balaban J connectivity index is 1.25. The third kappa shape index (κ3) is 5.56. The van der Waals surface area contributed by atoms with E-state index in [1.807, 2.05) is 39.8 Å². The SMILES string of the molecule is [B]c1c([B])c([B])c2c(sc3c([B])c(-c4ccc(B5OC(C)(C)C(C)(C)O5)cc4-c4ccc5cc(-c6cccc7ccccc67)ccc5c4)c([B])c([B])c32)c1[B]. The first-order valence-electron chi connectivity index (χ1n) is 18.1. The highest BCUT2D eigenvalue weighted by atomic mass is 32.1. The molecule has 14 radical (unpaired) electrons. The molecule has 1 aromatic heterocycles. The van der Waals surface area contributed by atoms with Crippen LogP contribution in [0.4, 0.5) is 0 Å². The average molecular weight is 707 g/mol. The van der Waals surface area contributed by atoms with Crippen LogP contribution in [-0.2, 0) is 9.31 Å². The second-order valence-electron chi connectivity index (χ2n) is 15.5. The molecule has 55 heavy (non-hydrogen) atoms. The summed E-state index contributed by atoms with van der Waals surface area (Å²) in [5.74, 6) is 0. The van der Waals surface area contributed by atoms with Crippen LogP contribution in [0.15, 0.2) is 97.1 Å². The zero-order valence-electron chi connectivity index (χ0n) is 31.1. The van der Waals surface area contributed by atoms with Crippen molar-refractivity contribution in [2.24, 2.45) is 0 Å². The number of hydrogen-bond donors (Lipinski definition) is 0. The summed E-state index contributed by atoms with van der Waals surface area (Å²) in [4.78, 5) is 0. The van der Waals surface area contributed by atoms with Crippen molar-refractivity contribution in [3.63, 3.8) is 0 Å². The Labute approximate surface area is 335 Å². The number of fused-ring (bicyclic) bond motifs is 5. The van der Waals surface area contributed by atoms with Crippen molar-refractivity contribution in [3.05, 3.63) is 97.1 Å². The van der Waals surface area contributed by atoms with Crippen LogP contribution in [0.1, 0.15) is 27.7 Å². The summed E-state index contributed by atoms with van der Waals surface area (Å²) >= 11 is 1.37. The highest BCUT2D eigenvalue weighted by molar-refractivity contribution is 7.28. The molecule has 0 atom stereocenters. The van der Waals surface area contributed by atoms with Gasteiger partial charge in [0.15, 0.2) is 0 Å². The smallest absolute Gasteiger partial charge is 0.399 e. The molecular weight excluding hydrogens is 679 g/mol. The third-order valence-electron chi connectivity index (χ3n) is 11.7. The van der Waals surface area contributed by atoms with Gasteiger partial charge in [-0.1, -0.05) is 112 Å².